The van der Waals surface area contributed by atoms with Crippen molar-refractivity contribution >= 4 is 0 Å². The van der Waals surface area contributed by atoms with Gasteiger partial charge in [0.15, 0.2) is 0 Å². The molecule has 1 rings (SSSR count). The summed E-state index contributed by atoms with van der Waals surface area (Å²) < 4.78 is 0. The molecule has 2 heteroatoms. The summed E-state index contributed by atoms with van der Waals surface area (Å²) in [6.45, 7) is 2.32. The van der Waals surface area contributed by atoms with Gasteiger partial charge < -0.3 is 10.8 Å². The maximum absolute atomic E-state index is 8.85. The van der Waals surface area contributed by atoms with Crippen LogP contribution < -0.4 is 5.73 Å². The molecule has 54 valence electrons. The Labute approximate surface area is 56.1 Å². The van der Waals surface area contributed by atoms with E-state index in [4.69, 9.17) is 10.8 Å². The standard InChI is InChI=1S/C7H15NO/c1-6(8)4-7(5-9)2-3-7/h6,9H,2-5,8H2,1H3. The normalized spacial score (nSPS) is 25.7. The first-order valence-electron chi connectivity index (χ1n) is 3.55. The van der Waals surface area contributed by atoms with Gasteiger partial charge in [-0.2, -0.15) is 0 Å². The van der Waals surface area contributed by atoms with Crippen molar-refractivity contribution in [2.45, 2.75) is 32.2 Å². The fraction of sp³-hybridized carbons (Fsp3) is 1.00. The van der Waals surface area contributed by atoms with Crippen LogP contribution in [0.3, 0.4) is 0 Å². The maximum Gasteiger partial charge on any atom is 0.0488 e. The molecule has 0 heterocycles. The average Bonchev–Trinajstić information content (AvgIpc) is 2.48. The zero-order valence-corrected chi connectivity index (χ0v) is 5.93. The van der Waals surface area contributed by atoms with Crippen molar-refractivity contribution < 1.29 is 5.11 Å². The third kappa shape index (κ3) is 1.66. The van der Waals surface area contributed by atoms with Crippen molar-refractivity contribution in [2.75, 3.05) is 6.61 Å². The van der Waals surface area contributed by atoms with Gasteiger partial charge in [0.05, 0.1) is 0 Å². The van der Waals surface area contributed by atoms with Crippen LogP contribution >= 0.6 is 0 Å². The Hall–Kier alpha value is -0.0800. The second kappa shape index (κ2) is 2.27. The summed E-state index contributed by atoms with van der Waals surface area (Å²) in [5.41, 5.74) is 5.83. The summed E-state index contributed by atoms with van der Waals surface area (Å²) >= 11 is 0. The van der Waals surface area contributed by atoms with Crippen LogP contribution in [0.1, 0.15) is 26.2 Å². The zero-order chi connectivity index (χ0) is 6.91. The van der Waals surface area contributed by atoms with Crippen LogP contribution in [0.5, 0.6) is 0 Å². The minimum Gasteiger partial charge on any atom is -0.396 e. The van der Waals surface area contributed by atoms with Gasteiger partial charge in [-0.3, -0.25) is 0 Å². The molecule has 1 fully saturated rings. The van der Waals surface area contributed by atoms with Gasteiger partial charge in [-0.15, -0.1) is 0 Å². The molecule has 0 spiro atoms. The van der Waals surface area contributed by atoms with E-state index in [9.17, 15) is 0 Å². The number of nitrogens with two attached hydrogens (primary N) is 1. The van der Waals surface area contributed by atoms with Gasteiger partial charge in [0.2, 0.25) is 0 Å². The molecule has 1 aliphatic rings. The number of hydrogen-bond acceptors (Lipinski definition) is 2. The van der Waals surface area contributed by atoms with E-state index >= 15 is 0 Å². The lowest BCUT2D eigenvalue weighted by Gasteiger charge is -2.13. The highest BCUT2D eigenvalue weighted by Crippen LogP contribution is 2.48. The monoisotopic (exact) mass is 129 g/mol. The fourth-order valence-electron chi connectivity index (χ4n) is 1.29. The predicted octanol–water partition coefficient (Wildman–Crippen LogP) is 0.496. The number of rotatable bonds is 3. The minimum atomic E-state index is 0.244. The lowest BCUT2D eigenvalue weighted by Crippen LogP contribution is -2.22. The average molecular weight is 129 g/mol. The van der Waals surface area contributed by atoms with Gasteiger partial charge in [-0.05, 0) is 31.6 Å². The fourth-order valence-corrected chi connectivity index (χ4v) is 1.29. The van der Waals surface area contributed by atoms with Crippen LogP contribution in [-0.2, 0) is 0 Å². The van der Waals surface area contributed by atoms with Gasteiger partial charge in [0.1, 0.15) is 0 Å². The maximum atomic E-state index is 8.85. The Morgan fingerprint density at radius 3 is 2.33 bits per heavy atom. The second-order valence-electron chi connectivity index (χ2n) is 3.34. The highest BCUT2D eigenvalue weighted by Gasteiger charge is 2.42. The lowest BCUT2D eigenvalue weighted by atomic mass is 10.00. The smallest absolute Gasteiger partial charge is 0.0488 e. The summed E-state index contributed by atoms with van der Waals surface area (Å²) in [4.78, 5) is 0. The molecule has 0 aromatic heterocycles. The van der Waals surface area contributed by atoms with Crippen molar-refractivity contribution in [1.29, 1.82) is 0 Å². The van der Waals surface area contributed by atoms with Crippen molar-refractivity contribution in [3.8, 4) is 0 Å². The predicted molar refractivity (Wildman–Crippen MR) is 37.0 cm³/mol. The zero-order valence-electron chi connectivity index (χ0n) is 5.93. The van der Waals surface area contributed by atoms with Crippen molar-refractivity contribution in [3.05, 3.63) is 0 Å². The first-order chi connectivity index (χ1) is 4.18. The van der Waals surface area contributed by atoms with Crippen molar-refractivity contribution in [2.24, 2.45) is 11.1 Å². The molecule has 9 heavy (non-hydrogen) atoms. The Balaban J connectivity index is 2.25. The van der Waals surface area contributed by atoms with Crippen LogP contribution in [0.2, 0.25) is 0 Å². The SMILES string of the molecule is CC(N)CC1(CO)CC1. The van der Waals surface area contributed by atoms with E-state index in [-0.39, 0.29) is 11.5 Å². The van der Waals surface area contributed by atoms with Crippen LogP contribution in [0.4, 0.5) is 0 Å². The first-order valence-corrected chi connectivity index (χ1v) is 3.55. The van der Waals surface area contributed by atoms with Crippen LogP contribution in [0, 0.1) is 5.41 Å². The molecular weight excluding hydrogens is 114 g/mol. The van der Waals surface area contributed by atoms with Crippen LogP contribution in [-0.4, -0.2) is 17.8 Å². The molecule has 2 nitrogen and oxygen atoms in total. The Kier molecular flexibility index (Phi) is 1.78. The first kappa shape index (κ1) is 7.03. The Morgan fingerprint density at radius 1 is 1.67 bits per heavy atom. The quantitative estimate of drug-likeness (QED) is 0.582. The molecule has 0 radical (unpaired) electrons. The number of hydrogen-bond donors (Lipinski definition) is 2. The molecule has 0 aliphatic heterocycles. The number of aliphatic hydroxyl groups is 1. The van der Waals surface area contributed by atoms with E-state index in [0.29, 0.717) is 6.61 Å². The Bertz CT molecular complexity index is 97.1. The molecule has 1 atom stereocenters. The van der Waals surface area contributed by atoms with E-state index in [1.165, 1.54) is 12.8 Å². The minimum absolute atomic E-state index is 0.244. The van der Waals surface area contributed by atoms with Crippen molar-refractivity contribution in [1.82, 2.24) is 0 Å². The van der Waals surface area contributed by atoms with Crippen molar-refractivity contribution in [3.63, 3.8) is 0 Å². The molecule has 1 unspecified atom stereocenters. The number of aliphatic hydroxyl groups excluding tert-OH is 1. The largest absolute Gasteiger partial charge is 0.396 e. The molecule has 0 amide bonds. The van der Waals surface area contributed by atoms with Gasteiger partial charge in [0.25, 0.3) is 0 Å². The van der Waals surface area contributed by atoms with Gasteiger partial charge in [-0.25, -0.2) is 0 Å². The third-order valence-electron chi connectivity index (χ3n) is 2.05. The van der Waals surface area contributed by atoms with Gasteiger partial charge >= 0.3 is 0 Å². The van der Waals surface area contributed by atoms with E-state index in [1.807, 2.05) is 6.92 Å². The molecule has 0 bridgehead atoms. The van der Waals surface area contributed by atoms with E-state index in [0.717, 1.165) is 6.42 Å². The highest BCUT2D eigenvalue weighted by molar-refractivity contribution is 4.93. The third-order valence-corrected chi connectivity index (χ3v) is 2.05. The molecule has 0 aromatic carbocycles. The van der Waals surface area contributed by atoms with E-state index in [1.54, 1.807) is 0 Å². The van der Waals surface area contributed by atoms with E-state index < -0.39 is 0 Å². The molecule has 0 aromatic rings. The van der Waals surface area contributed by atoms with Crippen LogP contribution in [0.15, 0.2) is 0 Å². The summed E-state index contributed by atoms with van der Waals surface area (Å²) in [6.07, 6.45) is 3.33. The van der Waals surface area contributed by atoms with Crippen LogP contribution in [0.25, 0.3) is 0 Å². The van der Waals surface area contributed by atoms with Gasteiger partial charge in [-0.1, -0.05) is 0 Å². The Morgan fingerprint density at radius 2 is 2.22 bits per heavy atom. The summed E-state index contributed by atoms with van der Waals surface area (Å²) in [6, 6.07) is 0.250. The summed E-state index contributed by atoms with van der Waals surface area (Å²) in [5, 5.41) is 8.85. The van der Waals surface area contributed by atoms with Gasteiger partial charge in [0, 0.05) is 12.6 Å². The molecule has 0 saturated heterocycles. The van der Waals surface area contributed by atoms with E-state index in [2.05, 4.69) is 0 Å². The summed E-state index contributed by atoms with van der Waals surface area (Å²) in [5.74, 6) is 0. The molecular formula is C7H15NO. The summed E-state index contributed by atoms with van der Waals surface area (Å²) in [7, 11) is 0. The molecule has 1 saturated carbocycles. The highest BCUT2D eigenvalue weighted by atomic mass is 16.3. The lowest BCUT2D eigenvalue weighted by molar-refractivity contribution is 0.197. The molecule has 3 N–H and O–H groups in total. The molecule has 1 aliphatic carbocycles. The topological polar surface area (TPSA) is 46.2 Å². The second-order valence-corrected chi connectivity index (χ2v) is 3.34.